The summed E-state index contributed by atoms with van der Waals surface area (Å²) in [5, 5.41) is 0. The molecule has 0 aromatic carbocycles. The van der Waals surface area contributed by atoms with Crippen LogP contribution in [0.15, 0.2) is 0 Å². The summed E-state index contributed by atoms with van der Waals surface area (Å²) in [5.41, 5.74) is -0.853. The van der Waals surface area contributed by atoms with E-state index in [9.17, 15) is 8.78 Å². The van der Waals surface area contributed by atoms with E-state index in [-0.39, 0.29) is 11.8 Å². The molecule has 1 fully saturated rings. The summed E-state index contributed by atoms with van der Waals surface area (Å²) in [6.45, 7) is 7.10. The molecule has 0 nitrogen and oxygen atoms in total. The van der Waals surface area contributed by atoms with Gasteiger partial charge < -0.3 is 0 Å². The highest BCUT2D eigenvalue weighted by Crippen LogP contribution is 2.55. The van der Waals surface area contributed by atoms with Crippen molar-refractivity contribution in [1.29, 1.82) is 0 Å². The molecule has 0 aliphatic heterocycles. The van der Waals surface area contributed by atoms with Gasteiger partial charge in [0, 0.05) is 11.3 Å². The fourth-order valence-electron chi connectivity index (χ4n) is 1.36. The molecule has 0 radical (unpaired) electrons. The molecule has 0 atom stereocenters. The van der Waals surface area contributed by atoms with Crippen LogP contribution >= 0.6 is 0 Å². The molecule has 0 aromatic heterocycles. The molecule has 1 aliphatic rings. The van der Waals surface area contributed by atoms with Crippen molar-refractivity contribution in [2.45, 2.75) is 46.5 Å². The van der Waals surface area contributed by atoms with Crippen LogP contribution < -0.4 is 0 Å². The average molecular weight is 176 g/mol. The van der Waals surface area contributed by atoms with E-state index in [0.29, 0.717) is 12.8 Å². The van der Waals surface area contributed by atoms with Crippen molar-refractivity contribution in [3.63, 3.8) is 0 Å². The summed E-state index contributed by atoms with van der Waals surface area (Å²) in [4.78, 5) is 0. The summed E-state index contributed by atoms with van der Waals surface area (Å²) < 4.78 is 27.3. The Morgan fingerprint density at radius 1 is 1.17 bits per heavy atom. The van der Waals surface area contributed by atoms with Crippen molar-refractivity contribution in [3.8, 4) is 0 Å². The Hall–Kier alpha value is -0.140. The van der Waals surface area contributed by atoms with Crippen molar-refractivity contribution < 1.29 is 8.78 Å². The van der Waals surface area contributed by atoms with Crippen LogP contribution in [0.5, 0.6) is 0 Å². The zero-order valence-corrected chi connectivity index (χ0v) is 8.32. The lowest BCUT2D eigenvalue weighted by Crippen LogP contribution is -2.42. The highest BCUT2D eigenvalue weighted by atomic mass is 19.3. The Bertz CT molecular complexity index is 155. The largest absolute Gasteiger partial charge is 0.256 e. The third-order valence-corrected chi connectivity index (χ3v) is 3.39. The first-order valence-electron chi connectivity index (χ1n) is 4.68. The predicted octanol–water partition coefficient (Wildman–Crippen LogP) is 3.71. The van der Waals surface area contributed by atoms with Crippen LogP contribution in [0.2, 0.25) is 0 Å². The van der Waals surface area contributed by atoms with E-state index >= 15 is 0 Å². The first-order chi connectivity index (χ1) is 5.30. The Labute approximate surface area is 73.3 Å². The minimum absolute atomic E-state index is 0.0353. The van der Waals surface area contributed by atoms with Gasteiger partial charge in [-0.3, -0.25) is 0 Å². The lowest BCUT2D eigenvalue weighted by molar-refractivity contribution is -0.143. The summed E-state index contributed by atoms with van der Waals surface area (Å²) in [6, 6.07) is 0. The van der Waals surface area contributed by atoms with Gasteiger partial charge in [-0.05, 0) is 18.8 Å². The Morgan fingerprint density at radius 2 is 1.58 bits per heavy atom. The molecule has 0 amide bonds. The van der Waals surface area contributed by atoms with Crippen molar-refractivity contribution in [3.05, 3.63) is 0 Å². The molecule has 0 bridgehead atoms. The molecule has 12 heavy (non-hydrogen) atoms. The number of rotatable bonds is 3. The number of alkyl halides is 2. The van der Waals surface area contributed by atoms with Crippen LogP contribution in [-0.2, 0) is 0 Å². The summed E-state index contributed by atoms with van der Waals surface area (Å²) in [7, 11) is 0. The second kappa shape index (κ2) is 2.68. The highest BCUT2D eigenvalue weighted by molar-refractivity contribution is 4.98. The third-order valence-electron chi connectivity index (χ3n) is 3.39. The average Bonchev–Trinajstić information content (AvgIpc) is 2.66. The second-order valence-corrected chi connectivity index (χ2v) is 4.77. The van der Waals surface area contributed by atoms with E-state index in [4.69, 9.17) is 0 Å². The van der Waals surface area contributed by atoms with Crippen LogP contribution in [0.25, 0.3) is 0 Å². The normalized spacial score (nSPS) is 20.2. The molecule has 0 unspecified atom stereocenters. The lowest BCUT2D eigenvalue weighted by atomic mass is 9.74. The molecular weight excluding hydrogens is 158 g/mol. The van der Waals surface area contributed by atoms with E-state index in [0.717, 1.165) is 0 Å². The SMILES string of the molecule is CC(C)C(C)(C)C(F)(F)C1CC1. The lowest BCUT2D eigenvalue weighted by Gasteiger charge is -2.37. The standard InChI is InChI=1S/C10H18F2/c1-7(2)9(3,4)10(11,12)8-5-6-8/h7-8H,5-6H2,1-4H3. The van der Waals surface area contributed by atoms with E-state index < -0.39 is 11.3 Å². The fraction of sp³-hybridized carbons (Fsp3) is 1.00. The van der Waals surface area contributed by atoms with Crippen molar-refractivity contribution in [2.75, 3.05) is 0 Å². The molecule has 0 aromatic rings. The molecule has 0 saturated heterocycles. The van der Waals surface area contributed by atoms with Crippen LogP contribution in [0.4, 0.5) is 8.78 Å². The van der Waals surface area contributed by atoms with Gasteiger partial charge in [-0.15, -0.1) is 0 Å². The van der Waals surface area contributed by atoms with Crippen LogP contribution in [0.1, 0.15) is 40.5 Å². The van der Waals surface area contributed by atoms with Crippen LogP contribution in [0.3, 0.4) is 0 Å². The molecule has 0 heterocycles. The van der Waals surface area contributed by atoms with Gasteiger partial charge in [0.15, 0.2) is 0 Å². The quantitative estimate of drug-likeness (QED) is 0.615. The number of hydrogen-bond acceptors (Lipinski definition) is 0. The fourth-order valence-corrected chi connectivity index (χ4v) is 1.36. The number of hydrogen-bond donors (Lipinski definition) is 0. The second-order valence-electron chi connectivity index (χ2n) is 4.77. The first-order valence-corrected chi connectivity index (χ1v) is 4.68. The third kappa shape index (κ3) is 1.36. The Kier molecular flexibility index (Phi) is 2.22. The van der Waals surface area contributed by atoms with E-state index in [1.807, 2.05) is 13.8 Å². The highest BCUT2D eigenvalue weighted by Gasteiger charge is 2.57. The maximum atomic E-state index is 13.6. The van der Waals surface area contributed by atoms with Crippen LogP contribution in [-0.4, -0.2) is 5.92 Å². The van der Waals surface area contributed by atoms with Gasteiger partial charge in [-0.2, -0.15) is 0 Å². The molecule has 0 N–H and O–H groups in total. The van der Waals surface area contributed by atoms with Crippen molar-refractivity contribution in [1.82, 2.24) is 0 Å². The molecule has 2 heteroatoms. The molecule has 1 aliphatic carbocycles. The minimum Gasteiger partial charge on any atom is -0.206 e. The smallest absolute Gasteiger partial charge is 0.206 e. The number of halogens is 2. The molecule has 72 valence electrons. The zero-order chi connectivity index (χ0) is 9.57. The van der Waals surface area contributed by atoms with Gasteiger partial charge in [-0.25, -0.2) is 8.78 Å². The van der Waals surface area contributed by atoms with Crippen molar-refractivity contribution >= 4 is 0 Å². The van der Waals surface area contributed by atoms with Gasteiger partial charge in [0.2, 0.25) is 0 Å². The molecule has 0 spiro atoms. The Morgan fingerprint density at radius 3 is 1.83 bits per heavy atom. The molecular formula is C10H18F2. The maximum Gasteiger partial charge on any atom is 0.256 e. The van der Waals surface area contributed by atoms with Gasteiger partial charge in [0.1, 0.15) is 0 Å². The zero-order valence-electron chi connectivity index (χ0n) is 8.32. The van der Waals surface area contributed by atoms with E-state index in [1.54, 1.807) is 13.8 Å². The van der Waals surface area contributed by atoms with Gasteiger partial charge in [0.05, 0.1) is 0 Å². The van der Waals surface area contributed by atoms with E-state index in [1.165, 1.54) is 0 Å². The van der Waals surface area contributed by atoms with Crippen LogP contribution in [0, 0.1) is 17.3 Å². The summed E-state index contributed by atoms with van der Waals surface area (Å²) in [5.74, 6) is -2.77. The summed E-state index contributed by atoms with van der Waals surface area (Å²) >= 11 is 0. The maximum absolute atomic E-state index is 13.6. The van der Waals surface area contributed by atoms with Gasteiger partial charge in [0.25, 0.3) is 5.92 Å². The van der Waals surface area contributed by atoms with E-state index in [2.05, 4.69) is 0 Å². The Balaban J connectivity index is 2.77. The predicted molar refractivity (Wildman–Crippen MR) is 46.3 cm³/mol. The first kappa shape index (κ1) is 9.94. The van der Waals surface area contributed by atoms with Crippen molar-refractivity contribution in [2.24, 2.45) is 17.3 Å². The molecule has 1 rings (SSSR count). The topological polar surface area (TPSA) is 0 Å². The van der Waals surface area contributed by atoms with Gasteiger partial charge >= 0.3 is 0 Å². The monoisotopic (exact) mass is 176 g/mol. The van der Waals surface area contributed by atoms with Gasteiger partial charge in [-0.1, -0.05) is 27.7 Å². The molecule has 1 saturated carbocycles. The minimum atomic E-state index is -2.47. The summed E-state index contributed by atoms with van der Waals surface area (Å²) in [6.07, 6.45) is 1.42.